The van der Waals surface area contributed by atoms with Crippen molar-refractivity contribution in [2.45, 2.75) is 19.3 Å². The third kappa shape index (κ3) is 2.38. The molecule has 64 valence electrons. The van der Waals surface area contributed by atoms with Crippen LogP contribution in [0.25, 0.3) is 0 Å². The molecule has 2 heteroatoms. The molecule has 2 nitrogen and oxygen atoms in total. The maximum Gasteiger partial charge on any atom is 0.0911 e. The van der Waals surface area contributed by atoms with Gasteiger partial charge in [0.05, 0.1) is 5.84 Å². The summed E-state index contributed by atoms with van der Waals surface area (Å²) >= 11 is 0. The SMILES string of the molecule is C[C@@H](CC(=N)N)c1ccccc1. The molecule has 1 atom stereocenters. The van der Waals surface area contributed by atoms with Gasteiger partial charge in [-0.05, 0) is 11.5 Å². The van der Waals surface area contributed by atoms with Gasteiger partial charge in [-0.1, -0.05) is 37.3 Å². The van der Waals surface area contributed by atoms with Gasteiger partial charge in [0.15, 0.2) is 0 Å². The van der Waals surface area contributed by atoms with E-state index in [1.807, 2.05) is 18.2 Å². The van der Waals surface area contributed by atoms with E-state index >= 15 is 0 Å². The van der Waals surface area contributed by atoms with E-state index in [1.165, 1.54) is 5.56 Å². The van der Waals surface area contributed by atoms with Crippen molar-refractivity contribution in [3.05, 3.63) is 35.9 Å². The molecule has 0 saturated carbocycles. The molecule has 1 aromatic rings. The first-order chi connectivity index (χ1) is 5.70. The summed E-state index contributed by atoms with van der Waals surface area (Å²) in [5.41, 5.74) is 6.56. The fraction of sp³-hybridized carbons (Fsp3) is 0.300. The van der Waals surface area contributed by atoms with Crippen LogP contribution in [0.1, 0.15) is 24.8 Å². The Kier molecular flexibility index (Phi) is 2.86. The molecule has 0 aliphatic heterocycles. The Bertz CT molecular complexity index is 254. The summed E-state index contributed by atoms with van der Waals surface area (Å²) in [5.74, 6) is 0.607. The molecule has 0 aromatic heterocycles. The van der Waals surface area contributed by atoms with Crippen molar-refractivity contribution in [2.24, 2.45) is 5.73 Å². The van der Waals surface area contributed by atoms with E-state index in [9.17, 15) is 0 Å². The van der Waals surface area contributed by atoms with Crippen LogP contribution in [-0.2, 0) is 0 Å². The molecule has 0 unspecified atom stereocenters. The lowest BCUT2D eigenvalue weighted by molar-refractivity contribution is 0.797. The zero-order valence-corrected chi connectivity index (χ0v) is 7.25. The monoisotopic (exact) mass is 162 g/mol. The minimum absolute atomic E-state index is 0.256. The van der Waals surface area contributed by atoms with Gasteiger partial charge in [0.25, 0.3) is 0 Å². The summed E-state index contributed by atoms with van der Waals surface area (Å²) in [4.78, 5) is 0. The van der Waals surface area contributed by atoms with E-state index in [4.69, 9.17) is 11.1 Å². The normalized spacial score (nSPS) is 12.4. The van der Waals surface area contributed by atoms with Crippen molar-refractivity contribution < 1.29 is 0 Å². The highest BCUT2D eigenvalue weighted by molar-refractivity contribution is 5.77. The van der Waals surface area contributed by atoms with E-state index in [2.05, 4.69) is 19.1 Å². The Morgan fingerprint density at radius 3 is 2.50 bits per heavy atom. The van der Waals surface area contributed by atoms with Crippen molar-refractivity contribution >= 4 is 5.84 Å². The van der Waals surface area contributed by atoms with Gasteiger partial charge in [0.2, 0.25) is 0 Å². The molecular formula is C10H14N2. The minimum atomic E-state index is 0.256. The summed E-state index contributed by atoms with van der Waals surface area (Å²) < 4.78 is 0. The number of nitrogens with two attached hydrogens (primary N) is 1. The van der Waals surface area contributed by atoms with Crippen LogP contribution >= 0.6 is 0 Å². The lowest BCUT2D eigenvalue weighted by Gasteiger charge is -2.09. The largest absolute Gasteiger partial charge is 0.388 e. The number of hydrogen-bond acceptors (Lipinski definition) is 1. The second-order valence-corrected chi connectivity index (χ2v) is 3.04. The maximum absolute atomic E-state index is 7.15. The summed E-state index contributed by atoms with van der Waals surface area (Å²) in [6.45, 7) is 2.08. The molecular weight excluding hydrogens is 148 g/mol. The van der Waals surface area contributed by atoms with Crippen molar-refractivity contribution in [3.8, 4) is 0 Å². The van der Waals surface area contributed by atoms with Gasteiger partial charge in [-0.25, -0.2) is 0 Å². The standard InChI is InChI=1S/C10H14N2/c1-8(7-10(11)12)9-5-3-2-4-6-9/h2-6,8H,7H2,1H3,(H3,11,12)/t8-/m0/s1. The lowest BCUT2D eigenvalue weighted by atomic mass is 9.98. The van der Waals surface area contributed by atoms with Crippen molar-refractivity contribution in [2.75, 3.05) is 0 Å². The Labute approximate surface area is 72.9 Å². The predicted molar refractivity (Wildman–Crippen MR) is 51.4 cm³/mol. The molecule has 0 heterocycles. The van der Waals surface area contributed by atoms with Crippen molar-refractivity contribution in [1.82, 2.24) is 0 Å². The van der Waals surface area contributed by atoms with Gasteiger partial charge in [-0.15, -0.1) is 0 Å². The van der Waals surface area contributed by atoms with Gasteiger partial charge < -0.3 is 5.73 Å². The van der Waals surface area contributed by atoms with Gasteiger partial charge >= 0.3 is 0 Å². The van der Waals surface area contributed by atoms with Crippen LogP contribution in [0, 0.1) is 5.41 Å². The molecule has 0 aliphatic carbocycles. The van der Waals surface area contributed by atoms with Crippen LogP contribution in [0.3, 0.4) is 0 Å². The van der Waals surface area contributed by atoms with Crippen LogP contribution in [0.15, 0.2) is 30.3 Å². The molecule has 0 spiro atoms. The quantitative estimate of drug-likeness (QED) is 0.519. The first-order valence-electron chi connectivity index (χ1n) is 4.08. The molecule has 0 aliphatic rings. The highest BCUT2D eigenvalue weighted by Crippen LogP contribution is 2.17. The van der Waals surface area contributed by atoms with E-state index in [-0.39, 0.29) is 5.84 Å². The van der Waals surface area contributed by atoms with E-state index in [0.717, 1.165) is 0 Å². The Balaban J connectivity index is 2.65. The number of rotatable bonds is 3. The first kappa shape index (κ1) is 8.78. The number of amidine groups is 1. The van der Waals surface area contributed by atoms with Crippen LogP contribution < -0.4 is 5.73 Å². The predicted octanol–water partition coefficient (Wildman–Crippen LogP) is 2.12. The Hall–Kier alpha value is -1.31. The average Bonchev–Trinajstić information content (AvgIpc) is 2.05. The zero-order chi connectivity index (χ0) is 8.97. The lowest BCUT2D eigenvalue weighted by Crippen LogP contribution is -2.12. The van der Waals surface area contributed by atoms with E-state index in [1.54, 1.807) is 0 Å². The highest BCUT2D eigenvalue weighted by Gasteiger charge is 2.04. The van der Waals surface area contributed by atoms with Gasteiger partial charge in [-0.3, -0.25) is 5.41 Å². The third-order valence-corrected chi connectivity index (χ3v) is 1.89. The fourth-order valence-corrected chi connectivity index (χ4v) is 1.23. The van der Waals surface area contributed by atoms with E-state index in [0.29, 0.717) is 12.3 Å². The van der Waals surface area contributed by atoms with Gasteiger partial charge in [0, 0.05) is 6.42 Å². The van der Waals surface area contributed by atoms with Crippen molar-refractivity contribution in [1.29, 1.82) is 5.41 Å². The van der Waals surface area contributed by atoms with Crippen molar-refractivity contribution in [3.63, 3.8) is 0 Å². The van der Waals surface area contributed by atoms with Crippen LogP contribution in [0.4, 0.5) is 0 Å². The fourth-order valence-electron chi connectivity index (χ4n) is 1.23. The summed E-state index contributed by atoms with van der Waals surface area (Å²) in [7, 11) is 0. The third-order valence-electron chi connectivity index (χ3n) is 1.89. The molecule has 0 radical (unpaired) electrons. The summed E-state index contributed by atoms with van der Waals surface area (Å²) in [6, 6.07) is 10.1. The number of benzene rings is 1. The average molecular weight is 162 g/mol. The highest BCUT2D eigenvalue weighted by atomic mass is 14.7. The van der Waals surface area contributed by atoms with Gasteiger partial charge in [0.1, 0.15) is 0 Å². The Morgan fingerprint density at radius 2 is 2.00 bits per heavy atom. The number of nitrogens with one attached hydrogen (secondary N) is 1. The smallest absolute Gasteiger partial charge is 0.0911 e. The molecule has 0 amide bonds. The molecule has 1 rings (SSSR count). The molecule has 0 saturated heterocycles. The van der Waals surface area contributed by atoms with Crippen LogP contribution in [0.5, 0.6) is 0 Å². The Morgan fingerprint density at radius 1 is 1.42 bits per heavy atom. The second-order valence-electron chi connectivity index (χ2n) is 3.04. The van der Waals surface area contributed by atoms with Crippen LogP contribution in [-0.4, -0.2) is 5.84 Å². The second kappa shape index (κ2) is 3.90. The molecule has 12 heavy (non-hydrogen) atoms. The minimum Gasteiger partial charge on any atom is -0.388 e. The zero-order valence-electron chi connectivity index (χ0n) is 7.25. The molecule has 1 aromatic carbocycles. The maximum atomic E-state index is 7.15. The molecule has 0 fully saturated rings. The van der Waals surface area contributed by atoms with Crippen LogP contribution in [0.2, 0.25) is 0 Å². The molecule has 0 bridgehead atoms. The number of hydrogen-bond donors (Lipinski definition) is 2. The van der Waals surface area contributed by atoms with Gasteiger partial charge in [-0.2, -0.15) is 0 Å². The summed E-state index contributed by atoms with van der Waals surface area (Å²) in [5, 5.41) is 7.15. The van der Waals surface area contributed by atoms with E-state index < -0.39 is 0 Å². The topological polar surface area (TPSA) is 49.9 Å². The first-order valence-corrected chi connectivity index (χ1v) is 4.08. The molecule has 3 N–H and O–H groups in total. The summed E-state index contributed by atoms with van der Waals surface area (Å²) in [6.07, 6.45) is 0.643.